The lowest BCUT2D eigenvalue weighted by Gasteiger charge is -2.14. The molecule has 0 rings (SSSR count). The average molecular weight is 267 g/mol. The van der Waals surface area contributed by atoms with Crippen molar-refractivity contribution >= 4 is 19.3 Å². The predicted octanol–water partition coefficient (Wildman–Crippen LogP) is 0.171. The minimum absolute atomic E-state index is 0.00358. The summed E-state index contributed by atoms with van der Waals surface area (Å²) in [6.07, 6.45) is -0.480. The number of rotatable bonds is 9. The number of carbonyl (C=O) groups is 2. The molecule has 7 nitrogen and oxygen atoms in total. The molecule has 2 atom stereocenters. The molecule has 0 amide bonds. The fourth-order valence-electron chi connectivity index (χ4n) is 1.36. The number of nitrogens with two attached hydrogens (primary N) is 1. The van der Waals surface area contributed by atoms with Crippen LogP contribution in [0.1, 0.15) is 19.3 Å². The Morgan fingerprint density at radius 1 is 1.18 bits per heavy atom. The van der Waals surface area contributed by atoms with Gasteiger partial charge in [-0.2, -0.15) is 0 Å². The van der Waals surface area contributed by atoms with E-state index in [4.69, 9.17) is 15.9 Å². The molecule has 17 heavy (non-hydrogen) atoms. The van der Waals surface area contributed by atoms with E-state index < -0.39 is 25.2 Å². The zero-order valence-corrected chi connectivity index (χ0v) is 10.3. The van der Waals surface area contributed by atoms with Crippen molar-refractivity contribution in [3.63, 3.8) is 0 Å². The summed E-state index contributed by atoms with van der Waals surface area (Å²) < 4.78 is 11.4. The summed E-state index contributed by atoms with van der Waals surface area (Å²) in [6, 6.07) is 0. The molecule has 0 radical (unpaired) electrons. The van der Waals surface area contributed by atoms with Crippen molar-refractivity contribution in [2.24, 2.45) is 11.7 Å². The molecule has 2 unspecified atom stereocenters. The third-order valence-corrected chi connectivity index (χ3v) is 4.28. The molecule has 0 aromatic heterocycles. The first-order chi connectivity index (χ1) is 7.78. The maximum Gasteiger partial charge on any atom is 0.306 e. The standard InChI is InChI=1S/C9H18NO6P/c10-4-6-17(15,16)5-3-7(9(13)14)1-2-8(11)12/h7H,1-6,10H2,(H,11,12)(H,13,14)(H,15,16). The molecule has 0 spiro atoms. The largest absolute Gasteiger partial charge is 0.481 e. The van der Waals surface area contributed by atoms with Crippen molar-refractivity contribution in [3.05, 3.63) is 0 Å². The van der Waals surface area contributed by atoms with Gasteiger partial charge in [-0.25, -0.2) is 0 Å². The summed E-state index contributed by atoms with van der Waals surface area (Å²) in [5.41, 5.74) is 5.15. The van der Waals surface area contributed by atoms with Crippen LogP contribution in [0.4, 0.5) is 0 Å². The Balaban J connectivity index is 4.22. The van der Waals surface area contributed by atoms with Crippen LogP contribution in [0.5, 0.6) is 0 Å². The maximum atomic E-state index is 11.4. The van der Waals surface area contributed by atoms with Gasteiger partial charge in [0.15, 0.2) is 0 Å². The lowest BCUT2D eigenvalue weighted by atomic mass is 10.0. The fraction of sp³-hybridized carbons (Fsp3) is 0.778. The summed E-state index contributed by atoms with van der Waals surface area (Å²) in [4.78, 5) is 30.5. The Hall–Kier alpha value is -0.910. The highest BCUT2D eigenvalue weighted by atomic mass is 31.2. The molecule has 0 aromatic rings. The first kappa shape index (κ1) is 16.1. The molecule has 0 saturated carbocycles. The van der Waals surface area contributed by atoms with Crippen LogP contribution in [0.15, 0.2) is 0 Å². The number of carboxylic acids is 2. The van der Waals surface area contributed by atoms with E-state index in [1.807, 2.05) is 0 Å². The molecule has 0 heterocycles. The second kappa shape index (κ2) is 7.42. The van der Waals surface area contributed by atoms with E-state index in [1.54, 1.807) is 0 Å². The summed E-state index contributed by atoms with van der Waals surface area (Å²) >= 11 is 0. The predicted molar refractivity (Wildman–Crippen MR) is 61.2 cm³/mol. The van der Waals surface area contributed by atoms with Crippen molar-refractivity contribution in [2.45, 2.75) is 19.3 Å². The molecule has 0 aliphatic rings. The Bertz CT molecular complexity index is 319. The summed E-state index contributed by atoms with van der Waals surface area (Å²) in [6.45, 7) is 0.0701. The number of hydrogen-bond acceptors (Lipinski definition) is 4. The number of hydrogen-bond donors (Lipinski definition) is 4. The Kier molecular flexibility index (Phi) is 7.03. The van der Waals surface area contributed by atoms with Crippen LogP contribution >= 0.6 is 7.37 Å². The number of carboxylic acid groups (broad SMARTS) is 2. The van der Waals surface area contributed by atoms with Gasteiger partial charge in [0.2, 0.25) is 7.37 Å². The zero-order chi connectivity index (χ0) is 13.5. The molecule has 0 bridgehead atoms. The second-order valence-electron chi connectivity index (χ2n) is 3.84. The molecule has 0 saturated heterocycles. The second-order valence-corrected chi connectivity index (χ2v) is 6.43. The summed E-state index contributed by atoms with van der Waals surface area (Å²) in [5, 5.41) is 17.3. The lowest BCUT2D eigenvalue weighted by molar-refractivity contribution is -0.143. The molecule has 100 valence electrons. The third-order valence-electron chi connectivity index (χ3n) is 2.36. The van der Waals surface area contributed by atoms with Crippen LogP contribution in [0.3, 0.4) is 0 Å². The summed E-state index contributed by atoms with van der Waals surface area (Å²) in [7, 11) is -3.37. The average Bonchev–Trinajstić information content (AvgIpc) is 2.16. The van der Waals surface area contributed by atoms with Crippen LogP contribution < -0.4 is 5.73 Å². The molecule has 0 fully saturated rings. The van der Waals surface area contributed by atoms with Crippen molar-refractivity contribution in [2.75, 3.05) is 18.9 Å². The molecule has 8 heteroatoms. The Morgan fingerprint density at radius 2 is 1.76 bits per heavy atom. The highest BCUT2D eigenvalue weighted by molar-refractivity contribution is 7.58. The summed E-state index contributed by atoms with van der Waals surface area (Å²) in [5.74, 6) is -3.12. The van der Waals surface area contributed by atoms with Crippen molar-refractivity contribution in [3.8, 4) is 0 Å². The maximum absolute atomic E-state index is 11.4. The minimum Gasteiger partial charge on any atom is -0.481 e. The van der Waals surface area contributed by atoms with Crippen molar-refractivity contribution in [1.82, 2.24) is 0 Å². The van der Waals surface area contributed by atoms with E-state index in [1.165, 1.54) is 0 Å². The SMILES string of the molecule is NCCP(=O)(O)CCC(CCC(=O)O)C(=O)O. The molecule has 0 aromatic carbocycles. The van der Waals surface area contributed by atoms with Crippen LogP contribution in [0.25, 0.3) is 0 Å². The van der Waals surface area contributed by atoms with Gasteiger partial charge < -0.3 is 20.8 Å². The van der Waals surface area contributed by atoms with E-state index in [0.717, 1.165) is 0 Å². The third kappa shape index (κ3) is 7.90. The first-order valence-corrected chi connectivity index (χ1v) is 7.27. The smallest absolute Gasteiger partial charge is 0.306 e. The molecular formula is C9H18NO6P. The molecule has 0 aliphatic heterocycles. The van der Waals surface area contributed by atoms with Gasteiger partial charge in [0.25, 0.3) is 0 Å². The molecule has 0 aliphatic carbocycles. The zero-order valence-electron chi connectivity index (χ0n) is 9.41. The Labute approximate surface area is 99.1 Å². The van der Waals surface area contributed by atoms with E-state index >= 15 is 0 Å². The van der Waals surface area contributed by atoms with Crippen LogP contribution in [0.2, 0.25) is 0 Å². The highest BCUT2D eigenvalue weighted by Crippen LogP contribution is 2.41. The van der Waals surface area contributed by atoms with Crippen LogP contribution in [-0.2, 0) is 14.2 Å². The van der Waals surface area contributed by atoms with Gasteiger partial charge in [-0.15, -0.1) is 0 Å². The first-order valence-electron chi connectivity index (χ1n) is 5.24. The van der Waals surface area contributed by atoms with Gasteiger partial charge in [0.05, 0.1) is 5.92 Å². The topological polar surface area (TPSA) is 138 Å². The molecular weight excluding hydrogens is 249 g/mol. The van der Waals surface area contributed by atoms with Gasteiger partial charge in [0.1, 0.15) is 0 Å². The van der Waals surface area contributed by atoms with Crippen LogP contribution in [0, 0.1) is 5.92 Å². The van der Waals surface area contributed by atoms with Gasteiger partial charge in [0, 0.05) is 25.3 Å². The highest BCUT2D eigenvalue weighted by Gasteiger charge is 2.24. The Morgan fingerprint density at radius 3 is 2.18 bits per heavy atom. The van der Waals surface area contributed by atoms with Gasteiger partial charge in [-0.05, 0) is 12.8 Å². The fourth-order valence-corrected chi connectivity index (χ4v) is 2.70. The number of aliphatic carboxylic acids is 2. The van der Waals surface area contributed by atoms with E-state index in [-0.39, 0.29) is 38.1 Å². The van der Waals surface area contributed by atoms with E-state index in [9.17, 15) is 19.0 Å². The van der Waals surface area contributed by atoms with Crippen LogP contribution in [-0.4, -0.2) is 45.9 Å². The van der Waals surface area contributed by atoms with Gasteiger partial charge >= 0.3 is 11.9 Å². The normalized spacial score (nSPS) is 16.1. The van der Waals surface area contributed by atoms with Gasteiger partial charge in [-0.3, -0.25) is 14.2 Å². The van der Waals surface area contributed by atoms with E-state index in [2.05, 4.69) is 0 Å². The minimum atomic E-state index is -3.37. The van der Waals surface area contributed by atoms with Crippen molar-refractivity contribution < 1.29 is 29.3 Å². The quantitative estimate of drug-likeness (QED) is 0.437. The van der Waals surface area contributed by atoms with Crippen molar-refractivity contribution in [1.29, 1.82) is 0 Å². The van der Waals surface area contributed by atoms with Gasteiger partial charge in [-0.1, -0.05) is 0 Å². The van der Waals surface area contributed by atoms with E-state index in [0.29, 0.717) is 0 Å². The monoisotopic (exact) mass is 267 g/mol. The lowest BCUT2D eigenvalue weighted by Crippen LogP contribution is -2.17. The molecule has 5 N–H and O–H groups in total.